The van der Waals surface area contributed by atoms with Gasteiger partial charge in [0.25, 0.3) is 23.6 Å². The van der Waals surface area contributed by atoms with Crippen molar-refractivity contribution in [3.8, 4) is 23.0 Å². The summed E-state index contributed by atoms with van der Waals surface area (Å²) in [5, 5.41) is 0. The van der Waals surface area contributed by atoms with Crippen LogP contribution in [0, 0.1) is 0 Å². The molecule has 3 aromatic carbocycles. The molecule has 0 aliphatic carbocycles. The number of benzene rings is 3. The van der Waals surface area contributed by atoms with Gasteiger partial charge >= 0.3 is 0 Å². The van der Waals surface area contributed by atoms with Gasteiger partial charge in [0.15, 0.2) is 0 Å². The standard InChI is InChI=1S/C26H16N2O6/c29-23-13-14-24(30)27(23)17-1-5-19(6-2-17)33-21-9-11-22(12-10-21)34-20-7-3-18(4-8-20)28-25(31)15-16-26(28)32/h1-16H. The molecular formula is C26H16N2O6. The van der Waals surface area contributed by atoms with Crippen molar-refractivity contribution < 1.29 is 28.7 Å². The first kappa shape index (κ1) is 20.9. The maximum Gasteiger partial charge on any atom is 0.258 e. The smallest absolute Gasteiger partial charge is 0.258 e. The van der Waals surface area contributed by atoms with Crippen molar-refractivity contribution in [2.75, 3.05) is 9.80 Å². The van der Waals surface area contributed by atoms with Crippen LogP contribution in [0.3, 0.4) is 0 Å². The quantitative estimate of drug-likeness (QED) is 0.522. The molecule has 0 saturated heterocycles. The molecule has 0 bridgehead atoms. The normalized spacial score (nSPS) is 14.9. The first-order valence-electron chi connectivity index (χ1n) is 10.3. The van der Waals surface area contributed by atoms with E-state index in [1.54, 1.807) is 72.8 Å². The fourth-order valence-corrected chi connectivity index (χ4v) is 3.48. The minimum atomic E-state index is -0.376. The van der Waals surface area contributed by atoms with Gasteiger partial charge < -0.3 is 9.47 Å². The zero-order valence-electron chi connectivity index (χ0n) is 17.6. The summed E-state index contributed by atoms with van der Waals surface area (Å²) in [6.07, 6.45) is 4.94. The number of rotatable bonds is 6. The molecule has 0 atom stereocenters. The van der Waals surface area contributed by atoms with E-state index in [1.807, 2.05) is 0 Å². The lowest BCUT2D eigenvalue weighted by Gasteiger charge is -2.15. The predicted molar refractivity (Wildman–Crippen MR) is 123 cm³/mol. The largest absolute Gasteiger partial charge is 0.457 e. The number of anilines is 2. The Bertz CT molecular complexity index is 1210. The minimum absolute atomic E-state index is 0.376. The highest BCUT2D eigenvalue weighted by molar-refractivity contribution is 6.28. The van der Waals surface area contributed by atoms with Crippen LogP contribution in [0.5, 0.6) is 23.0 Å². The lowest BCUT2D eigenvalue weighted by Crippen LogP contribution is -2.29. The van der Waals surface area contributed by atoms with Gasteiger partial charge in [-0.25, -0.2) is 9.80 Å². The Morgan fingerprint density at radius 2 is 0.618 bits per heavy atom. The second kappa shape index (κ2) is 8.51. The molecule has 5 rings (SSSR count). The van der Waals surface area contributed by atoms with Gasteiger partial charge in [-0.05, 0) is 72.8 Å². The topological polar surface area (TPSA) is 93.2 Å². The van der Waals surface area contributed by atoms with Gasteiger partial charge in [0.05, 0.1) is 11.4 Å². The maximum absolute atomic E-state index is 11.8. The number of carbonyl (C=O) groups excluding carboxylic acids is 4. The number of amides is 4. The zero-order valence-corrected chi connectivity index (χ0v) is 17.6. The number of hydrogen-bond donors (Lipinski definition) is 0. The molecule has 166 valence electrons. The van der Waals surface area contributed by atoms with Crippen molar-refractivity contribution in [3.05, 3.63) is 97.1 Å². The molecule has 0 fully saturated rings. The van der Waals surface area contributed by atoms with E-state index in [1.165, 1.54) is 24.3 Å². The van der Waals surface area contributed by atoms with Crippen molar-refractivity contribution in [3.63, 3.8) is 0 Å². The Morgan fingerprint density at radius 3 is 0.882 bits per heavy atom. The van der Waals surface area contributed by atoms with Crippen LogP contribution in [0.25, 0.3) is 0 Å². The highest BCUT2D eigenvalue weighted by Gasteiger charge is 2.25. The summed E-state index contributed by atoms with van der Waals surface area (Å²) in [5.74, 6) is 0.727. The van der Waals surface area contributed by atoms with Crippen molar-refractivity contribution in [2.24, 2.45) is 0 Å². The van der Waals surface area contributed by atoms with Crippen LogP contribution in [0.4, 0.5) is 11.4 Å². The van der Waals surface area contributed by atoms with Crippen molar-refractivity contribution in [2.45, 2.75) is 0 Å². The average Bonchev–Trinajstić information content (AvgIpc) is 3.36. The van der Waals surface area contributed by atoms with Gasteiger partial charge in [0.2, 0.25) is 0 Å². The summed E-state index contributed by atoms with van der Waals surface area (Å²) in [6.45, 7) is 0. The third-order valence-corrected chi connectivity index (χ3v) is 5.10. The third-order valence-electron chi connectivity index (χ3n) is 5.10. The lowest BCUT2D eigenvalue weighted by molar-refractivity contribution is -0.121. The average molecular weight is 452 g/mol. The summed E-state index contributed by atoms with van der Waals surface area (Å²) < 4.78 is 11.6. The molecule has 0 saturated carbocycles. The Hall–Kier alpha value is -4.98. The van der Waals surface area contributed by atoms with Crippen LogP contribution in [0.15, 0.2) is 97.1 Å². The number of carbonyl (C=O) groups is 4. The zero-order chi connectivity index (χ0) is 23.7. The van der Waals surface area contributed by atoms with Gasteiger partial charge in [0.1, 0.15) is 23.0 Å². The minimum Gasteiger partial charge on any atom is -0.457 e. The molecular weight excluding hydrogens is 436 g/mol. The molecule has 34 heavy (non-hydrogen) atoms. The molecule has 4 amide bonds. The molecule has 0 aromatic heterocycles. The Morgan fingerprint density at radius 1 is 0.382 bits per heavy atom. The van der Waals surface area contributed by atoms with Crippen molar-refractivity contribution in [1.82, 2.24) is 0 Å². The van der Waals surface area contributed by atoms with Gasteiger partial charge in [-0.15, -0.1) is 0 Å². The molecule has 8 nitrogen and oxygen atoms in total. The van der Waals surface area contributed by atoms with Gasteiger partial charge in [-0.3, -0.25) is 19.2 Å². The van der Waals surface area contributed by atoms with E-state index in [-0.39, 0.29) is 23.6 Å². The SMILES string of the molecule is O=C1C=CC(=O)N1c1ccc(Oc2ccc(Oc3ccc(N4C(=O)C=CC4=O)cc3)cc2)cc1. The number of imide groups is 2. The third kappa shape index (κ3) is 4.07. The molecule has 2 heterocycles. The van der Waals surface area contributed by atoms with Crippen molar-refractivity contribution >= 4 is 35.0 Å². The Balaban J connectivity index is 1.20. The van der Waals surface area contributed by atoms with Gasteiger partial charge in [-0.1, -0.05) is 0 Å². The van der Waals surface area contributed by atoms with Gasteiger partial charge in [-0.2, -0.15) is 0 Å². The van der Waals surface area contributed by atoms with E-state index in [9.17, 15) is 19.2 Å². The van der Waals surface area contributed by atoms with E-state index in [0.717, 1.165) is 9.80 Å². The monoisotopic (exact) mass is 452 g/mol. The second-order valence-corrected chi connectivity index (χ2v) is 7.35. The highest BCUT2D eigenvalue weighted by atomic mass is 16.5. The molecule has 2 aliphatic rings. The number of ether oxygens (including phenoxy) is 2. The van der Waals surface area contributed by atoms with Crippen LogP contribution in [0.2, 0.25) is 0 Å². The van der Waals surface area contributed by atoms with Crippen LogP contribution in [0.1, 0.15) is 0 Å². The van der Waals surface area contributed by atoms with E-state index in [4.69, 9.17) is 9.47 Å². The summed E-state index contributed by atoms with van der Waals surface area (Å²) in [4.78, 5) is 49.2. The van der Waals surface area contributed by atoms with E-state index < -0.39 is 0 Å². The van der Waals surface area contributed by atoms with Crippen LogP contribution >= 0.6 is 0 Å². The highest BCUT2D eigenvalue weighted by Crippen LogP contribution is 2.30. The molecule has 3 aromatic rings. The van der Waals surface area contributed by atoms with Crippen LogP contribution < -0.4 is 19.3 Å². The van der Waals surface area contributed by atoms with Crippen LogP contribution in [-0.2, 0) is 19.2 Å². The maximum atomic E-state index is 11.8. The van der Waals surface area contributed by atoms with Crippen molar-refractivity contribution in [1.29, 1.82) is 0 Å². The Labute approximate surface area is 193 Å². The Kier molecular flexibility index (Phi) is 5.23. The summed E-state index contributed by atoms with van der Waals surface area (Å²) in [6, 6.07) is 20.2. The molecule has 0 spiro atoms. The van der Waals surface area contributed by atoms with E-state index in [0.29, 0.717) is 34.4 Å². The second-order valence-electron chi connectivity index (χ2n) is 7.35. The first-order valence-corrected chi connectivity index (χ1v) is 10.3. The van der Waals surface area contributed by atoms with Crippen LogP contribution in [-0.4, -0.2) is 23.6 Å². The lowest BCUT2D eigenvalue weighted by atomic mass is 10.2. The predicted octanol–water partition coefficient (Wildman–Crippen LogP) is 4.13. The fourth-order valence-electron chi connectivity index (χ4n) is 3.48. The first-order chi connectivity index (χ1) is 16.5. The summed E-state index contributed by atoms with van der Waals surface area (Å²) >= 11 is 0. The van der Waals surface area contributed by atoms with E-state index >= 15 is 0 Å². The molecule has 0 unspecified atom stereocenters. The number of nitrogens with zero attached hydrogens (tertiary/aromatic N) is 2. The molecule has 0 radical (unpaired) electrons. The van der Waals surface area contributed by atoms with E-state index in [2.05, 4.69) is 0 Å². The molecule has 8 heteroatoms. The number of hydrogen-bond acceptors (Lipinski definition) is 6. The molecule has 2 aliphatic heterocycles. The summed E-state index contributed by atoms with van der Waals surface area (Å²) in [7, 11) is 0. The molecule has 0 N–H and O–H groups in total. The fraction of sp³-hybridized carbons (Fsp3) is 0. The van der Waals surface area contributed by atoms with Gasteiger partial charge in [0, 0.05) is 24.3 Å². The summed E-state index contributed by atoms with van der Waals surface area (Å²) in [5.41, 5.74) is 0.939.